The van der Waals surface area contributed by atoms with Crippen molar-refractivity contribution >= 4 is 17.6 Å². The van der Waals surface area contributed by atoms with Gasteiger partial charge in [0.15, 0.2) is 5.78 Å². The molecule has 0 radical (unpaired) electrons. The molecule has 0 fully saturated rings. The molecule has 0 unspecified atom stereocenters. The lowest BCUT2D eigenvalue weighted by Gasteiger charge is -2.20. The SMILES string of the molecule is COc1cc(C(C)=O)c(NC(=O)OC(C)(C)C)cn1. The Hall–Kier alpha value is -2.11. The van der Waals surface area contributed by atoms with Crippen molar-refractivity contribution in [3.8, 4) is 5.88 Å². The number of nitrogens with zero attached hydrogens (tertiary/aromatic N) is 1. The second-order valence-corrected chi connectivity index (χ2v) is 4.96. The van der Waals surface area contributed by atoms with Crippen LogP contribution < -0.4 is 10.1 Å². The molecule has 1 aromatic rings. The third-order valence-electron chi connectivity index (χ3n) is 2.10. The number of nitrogens with one attached hydrogen (secondary N) is 1. The van der Waals surface area contributed by atoms with Gasteiger partial charge in [0, 0.05) is 11.6 Å². The van der Waals surface area contributed by atoms with Crippen molar-refractivity contribution in [2.45, 2.75) is 33.3 Å². The van der Waals surface area contributed by atoms with Gasteiger partial charge in [0.1, 0.15) is 5.60 Å². The van der Waals surface area contributed by atoms with E-state index in [1.807, 2.05) is 0 Å². The zero-order valence-corrected chi connectivity index (χ0v) is 11.7. The molecule has 1 N–H and O–H groups in total. The van der Waals surface area contributed by atoms with Crippen LogP contribution in [0.3, 0.4) is 0 Å². The Morgan fingerprint density at radius 1 is 1.32 bits per heavy atom. The number of hydrogen-bond donors (Lipinski definition) is 1. The van der Waals surface area contributed by atoms with Crippen molar-refractivity contribution in [3.05, 3.63) is 17.8 Å². The van der Waals surface area contributed by atoms with Gasteiger partial charge in [0.25, 0.3) is 0 Å². The number of aromatic nitrogens is 1. The van der Waals surface area contributed by atoms with Crippen molar-refractivity contribution in [1.29, 1.82) is 0 Å². The van der Waals surface area contributed by atoms with E-state index in [1.54, 1.807) is 20.8 Å². The molecule has 0 aliphatic rings. The maximum absolute atomic E-state index is 11.7. The van der Waals surface area contributed by atoms with E-state index in [4.69, 9.17) is 9.47 Å². The van der Waals surface area contributed by atoms with Crippen LogP contribution in [0.2, 0.25) is 0 Å². The summed E-state index contributed by atoms with van der Waals surface area (Å²) in [5.41, 5.74) is 0.000606. The molecule has 0 saturated carbocycles. The number of anilines is 1. The summed E-state index contributed by atoms with van der Waals surface area (Å²) < 4.78 is 10.1. The van der Waals surface area contributed by atoms with Crippen molar-refractivity contribution in [1.82, 2.24) is 4.98 Å². The van der Waals surface area contributed by atoms with Gasteiger partial charge in [0.2, 0.25) is 5.88 Å². The fraction of sp³-hybridized carbons (Fsp3) is 0.462. The van der Waals surface area contributed by atoms with E-state index in [2.05, 4.69) is 10.3 Å². The van der Waals surface area contributed by atoms with Crippen LogP contribution in [0.15, 0.2) is 12.3 Å². The minimum absolute atomic E-state index is 0.202. The molecule has 0 aliphatic heterocycles. The fourth-order valence-corrected chi connectivity index (χ4v) is 1.35. The number of ether oxygens (including phenoxy) is 2. The van der Waals surface area contributed by atoms with Crippen LogP contribution in [0.5, 0.6) is 5.88 Å². The van der Waals surface area contributed by atoms with Gasteiger partial charge < -0.3 is 9.47 Å². The molecule has 0 bridgehead atoms. The summed E-state index contributed by atoms with van der Waals surface area (Å²) in [6.07, 6.45) is 0.724. The van der Waals surface area contributed by atoms with Gasteiger partial charge in [-0.1, -0.05) is 0 Å². The summed E-state index contributed by atoms with van der Waals surface area (Å²) in [4.78, 5) is 27.1. The van der Waals surface area contributed by atoms with Crippen LogP contribution in [-0.2, 0) is 4.74 Å². The summed E-state index contributed by atoms with van der Waals surface area (Å²) >= 11 is 0. The van der Waals surface area contributed by atoms with E-state index in [1.165, 1.54) is 26.3 Å². The van der Waals surface area contributed by atoms with Gasteiger partial charge in [-0.05, 0) is 27.7 Å². The Kier molecular flexibility index (Phi) is 4.47. The molecule has 1 amide bonds. The molecule has 0 aromatic carbocycles. The van der Waals surface area contributed by atoms with Gasteiger partial charge in [-0.3, -0.25) is 10.1 Å². The maximum Gasteiger partial charge on any atom is 0.412 e. The lowest BCUT2D eigenvalue weighted by molar-refractivity contribution is 0.0636. The second kappa shape index (κ2) is 5.69. The first-order chi connectivity index (χ1) is 8.73. The first-order valence-corrected chi connectivity index (χ1v) is 5.78. The van der Waals surface area contributed by atoms with E-state index in [0.29, 0.717) is 17.1 Å². The summed E-state index contributed by atoms with van der Waals surface area (Å²) in [6, 6.07) is 1.47. The minimum atomic E-state index is -0.637. The van der Waals surface area contributed by atoms with Crippen molar-refractivity contribution < 1.29 is 19.1 Å². The zero-order valence-electron chi connectivity index (χ0n) is 11.7. The van der Waals surface area contributed by atoms with Gasteiger partial charge >= 0.3 is 6.09 Å². The third kappa shape index (κ3) is 4.57. The van der Waals surface area contributed by atoms with E-state index in [-0.39, 0.29) is 5.78 Å². The summed E-state index contributed by atoms with van der Waals surface area (Å²) in [5.74, 6) is 0.103. The number of amides is 1. The van der Waals surface area contributed by atoms with E-state index in [9.17, 15) is 9.59 Å². The number of rotatable bonds is 3. The number of Topliss-reactive ketones (excluding diaryl/α,β-unsaturated/α-hetero) is 1. The lowest BCUT2D eigenvalue weighted by atomic mass is 10.1. The molecule has 0 saturated heterocycles. The molecular weight excluding hydrogens is 248 g/mol. The average molecular weight is 266 g/mol. The van der Waals surface area contributed by atoms with Gasteiger partial charge in [-0.25, -0.2) is 9.78 Å². The molecule has 0 aliphatic carbocycles. The number of hydrogen-bond acceptors (Lipinski definition) is 5. The Labute approximate surface area is 112 Å². The normalized spacial score (nSPS) is 10.8. The Bertz CT molecular complexity index is 492. The van der Waals surface area contributed by atoms with Gasteiger partial charge in [-0.2, -0.15) is 0 Å². The van der Waals surface area contributed by atoms with Crippen molar-refractivity contribution in [2.75, 3.05) is 12.4 Å². The summed E-state index contributed by atoms with van der Waals surface area (Å²) in [7, 11) is 1.45. The molecule has 0 atom stereocenters. The minimum Gasteiger partial charge on any atom is -0.481 e. The maximum atomic E-state index is 11.7. The van der Waals surface area contributed by atoms with Crippen molar-refractivity contribution in [3.63, 3.8) is 0 Å². The highest BCUT2D eigenvalue weighted by molar-refractivity contribution is 6.02. The van der Waals surface area contributed by atoms with Crippen molar-refractivity contribution in [2.24, 2.45) is 0 Å². The van der Waals surface area contributed by atoms with Crippen LogP contribution in [0.1, 0.15) is 38.1 Å². The molecule has 6 heteroatoms. The number of methoxy groups -OCH3 is 1. The third-order valence-corrected chi connectivity index (χ3v) is 2.10. The highest BCUT2D eigenvalue weighted by atomic mass is 16.6. The van der Waals surface area contributed by atoms with Crippen LogP contribution in [0.4, 0.5) is 10.5 Å². The van der Waals surface area contributed by atoms with E-state index < -0.39 is 11.7 Å². The highest BCUT2D eigenvalue weighted by Crippen LogP contribution is 2.20. The van der Waals surface area contributed by atoms with Crippen LogP contribution in [0, 0.1) is 0 Å². The predicted molar refractivity (Wildman–Crippen MR) is 70.7 cm³/mol. The number of carbonyl (C=O) groups is 2. The number of ketones is 1. The molecule has 1 aromatic heterocycles. The lowest BCUT2D eigenvalue weighted by Crippen LogP contribution is -2.27. The van der Waals surface area contributed by atoms with Crippen LogP contribution in [0.25, 0.3) is 0 Å². The smallest absolute Gasteiger partial charge is 0.412 e. The van der Waals surface area contributed by atoms with Crippen LogP contribution >= 0.6 is 0 Å². The molecular formula is C13H18N2O4. The molecule has 104 valence electrons. The van der Waals surface area contributed by atoms with E-state index in [0.717, 1.165) is 0 Å². The number of carbonyl (C=O) groups excluding carboxylic acids is 2. The standard InChI is InChI=1S/C13H18N2O4/c1-8(16)9-6-11(18-5)14-7-10(9)15-12(17)19-13(2,3)4/h6-7H,1-5H3,(H,15,17). The average Bonchev–Trinajstić information content (AvgIpc) is 2.26. The molecule has 0 spiro atoms. The van der Waals surface area contributed by atoms with Crippen LogP contribution in [-0.4, -0.2) is 29.6 Å². The summed E-state index contributed by atoms with van der Waals surface area (Å²) in [6.45, 7) is 6.66. The first-order valence-electron chi connectivity index (χ1n) is 5.78. The molecule has 1 rings (SSSR count). The zero-order chi connectivity index (χ0) is 14.6. The van der Waals surface area contributed by atoms with Gasteiger partial charge in [0.05, 0.1) is 19.0 Å². The topological polar surface area (TPSA) is 77.5 Å². The molecule has 6 nitrogen and oxygen atoms in total. The Balaban J connectivity index is 2.95. The Morgan fingerprint density at radius 3 is 2.42 bits per heavy atom. The fourth-order valence-electron chi connectivity index (χ4n) is 1.35. The largest absolute Gasteiger partial charge is 0.481 e. The second-order valence-electron chi connectivity index (χ2n) is 4.96. The summed E-state index contributed by atoms with van der Waals surface area (Å²) in [5, 5.41) is 2.50. The molecule has 1 heterocycles. The Morgan fingerprint density at radius 2 is 1.95 bits per heavy atom. The first kappa shape index (κ1) is 14.9. The predicted octanol–water partition coefficient (Wildman–Crippen LogP) is 2.64. The highest BCUT2D eigenvalue weighted by Gasteiger charge is 2.18. The van der Waals surface area contributed by atoms with Gasteiger partial charge in [-0.15, -0.1) is 0 Å². The molecule has 19 heavy (non-hydrogen) atoms. The number of pyridine rings is 1. The monoisotopic (exact) mass is 266 g/mol. The van der Waals surface area contributed by atoms with E-state index >= 15 is 0 Å². The quantitative estimate of drug-likeness (QED) is 0.851.